The van der Waals surface area contributed by atoms with E-state index in [0.717, 1.165) is 5.56 Å². The number of rotatable bonds is 5. The molecular formula is C15H16N2O3. The number of nitrogens with zero attached hydrogens (tertiary/aromatic N) is 1. The minimum Gasteiger partial charge on any atom is -0.478 e. The number of carboxylic acids is 1. The smallest absolute Gasteiger partial charge is 0.337 e. The van der Waals surface area contributed by atoms with Crippen molar-refractivity contribution in [1.29, 1.82) is 0 Å². The normalized spacial score (nSPS) is 11.9. The minimum atomic E-state index is -0.997. The van der Waals surface area contributed by atoms with Crippen LogP contribution >= 0.6 is 0 Å². The van der Waals surface area contributed by atoms with Gasteiger partial charge in [0, 0.05) is 0 Å². The largest absolute Gasteiger partial charge is 0.478 e. The fourth-order valence-electron chi connectivity index (χ4n) is 1.97. The molecule has 0 saturated carbocycles. The Balaban J connectivity index is 2.20. The summed E-state index contributed by atoms with van der Waals surface area (Å²) in [5, 5.41) is 21.5. The molecule has 2 aromatic rings. The van der Waals surface area contributed by atoms with Crippen molar-refractivity contribution in [3.8, 4) is 0 Å². The van der Waals surface area contributed by atoms with Crippen molar-refractivity contribution in [1.82, 2.24) is 4.98 Å². The number of benzene rings is 1. The molecule has 1 heterocycles. The number of aliphatic hydroxyl groups excluding tert-OH is 1. The zero-order valence-corrected chi connectivity index (χ0v) is 11.1. The Labute approximate surface area is 116 Å². The molecule has 0 aliphatic heterocycles. The minimum absolute atomic E-state index is 0.0780. The summed E-state index contributed by atoms with van der Waals surface area (Å²) in [6, 6.07) is 12.3. The van der Waals surface area contributed by atoms with Gasteiger partial charge in [0.2, 0.25) is 0 Å². The van der Waals surface area contributed by atoms with E-state index < -0.39 is 5.97 Å². The maximum Gasteiger partial charge on any atom is 0.337 e. The number of carboxylic acid groups (broad SMARTS) is 1. The molecule has 1 aromatic carbocycles. The number of hydrogen-bond donors (Lipinski definition) is 3. The Kier molecular flexibility index (Phi) is 4.32. The zero-order valence-electron chi connectivity index (χ0n) is 11.1. The molecule has 0 spiro atoms. The lowest BCUT2D eigenvalue weighted by Gasteiger charge is -2.17. The van der Waals surface area contributed by atoms with E-state index in [0.29, 0.717) is 11.5 Å². The molecule has 5 heteroatoms. The average Bonchev–Trinajstić information content (AvgIpc) is 2.45. The van der Waals surface area contributed by atoms with Gasteiger partial charge in [-0.2, -0.15) is 0 Å². The summed E-state index contributed by atoms with van der Waals surface area (Å²) in [7, 11) is 0. The van der Waals surface area contributed by atoms with Crippen molar-refractivity contribution in [2.24, 2.45) is 0 Å². The molecule has 20 heavy (non-hydrogen) atoms. The van der Waals surface area contributed by atoms with Crippen LogP contribution in [-0.4, -0.2) is 27.8 Å². The molecule has 0 aliphatic rings. The van der Waals surface area contributed by atoms with E-state index in [2.05, 4.69) is 10.3 Å². The van der Waals surface area contributed by atoms with Crippen molar-refractivity contribution in [2.75, 3.05) is 11.9 Å². The first-order valence-electron chi connectivity index (χ1n) is 6.25. The predicted octanol–water partition coefficient (Wildman–Crippen LogP) is 2.23. The number of nitrogens with one attached hydrogen (secondary N) is 1. The Morgan fingerprint density at radius 1 is 1.25 bits per heavy atom. The first-order valence-corrected chi connectivity index (χ1v) is 6.25. The summed E-state index contributed by atoms with van der Waals surface area (Å²) >= 11 is 0. The number of aromatic carboxylic acids is 1. The summed E-state index contributed by atoms with van der Waals surface area (Å²) in [5.74, 6) is -0.460. The third kappa shape index (κ3) is 3.13. The summed E-state index contributed by atoms with van der Waals surface area (Å²) in [5.41, 5.74) is 1.56. The molecule has 0 amide bonds. The van der Waals surface area contributed by atoms with Crippen LogP contribution in [0.25, 0.3) is 0 Å². The fourth-order valence-corrected chi connectivity index (χ4v) is 1.97. The van der Waals surface area contributed by atoms with E-state index in [1.165, 1.54) is 6.07 Å². The molecule has 1 atom stereocenters. The number of carbonyl (C=O) groups is 1. The third-order valence-electron chi connectivity index (χ3n) is 3.02. The van der Waals surface area contributed by atoms with Crippen molar-refractivity contribution in [3.63, 3.8) is 0 Å². The second-order valence-corrected chi connectivity index (χ2v) is 4.42. The number of aromatic nitrogens is 1. The highest BCUT2D eigenvalue weighted by atomic mass is 16.4. The van der Waals surface area contributed by atoms with Crippen molar-refractivity contribution in [2.45, 2.75) is 13.0 Å². The average molecular weight is 272 g/mol. The topological polar surface area (TPSA) is 82.5 Å². The van der Waals surface area contributed by atoms with Crippen LogP contribution in [0.4, 0.5) is 5.82 Å². The quantitative estimate of drug-likeness (QED) is 0.777. The summed E-state index contributed by atoms with van der Waals surface area (Å²) in [6.45, 7) is 1.57. The summed E-state index contributed by atoms with van der Waals surface area (Å²) in [4.78, 5) is 15.1. The van der Waals surface area contributed by atoms with Crippen LogP contribution < -0.4 is 5.32 Å². The third-order valence-corrected chi connectivity index (χ3v) is 3.02. The maximum absolute atomic E-state index is 10.9. The van der Waals surface area contributed by atoms with Gasteiger partial charge >= 0.3 is 5.97 Å². The molecule has 0 bridgehead atoms. The number of pyridine rings is 1. The van der Waals surface area contributed by atoms with Gasteiger partial charge in [-0.1, -0.05) is 30.3 Å². The van der Waals surface area contributed by atoms with Gasteiger partial charge in [-0.3, -0.25) is 0 Å². The van der Waals surface area contributed by atoms with Gasteiger partial charge in [-0.15, -0.1) is 0 Å². The highest BCUT2D eigenvalue weighted by Crippen LogP contribution is 2.19. The maximum atomic E-state index is 10.9. The van der Waals surface area contributed by atoms with Crippen molar-refractivity contribution < 1.29 is 15.0 Å². The van der Waals surface area contributed by atoms with Gasteiger partial charge in [-0.25, -0.2) is 9.78 Å². The van der Waals surface area contributed by atoms with Crippen LogP contribution in [0.5, 0.6) is 0 Å². The highest BCUT2D eigenvalue weighted by molar-refractivity contribution is 5.89. The molecule has 104 valence electrons. The van der Waals surface area contributed by atoms with Gasteiger partial charge in [0.1, 0.15) is 5.82 Å². The second-order valence-electron chi connectivity index (χ2n) is 4.42. The van der Waals surface area contributed by atoms with E-state index in [9.17, 15) is 9.90 Å². The fraction of sp³-hybridized carbons (Fsp3) is 0.200. The molecule has 0 fully saturated rings. The molecule has 3 N–H and O–H groups in total. The Hall–Kier alpha value is -2.40. The predicted molar refractivity (Wildman–Crippen MR) is 75.8 cm³/mol. The van der Waals surface area contributed by atoms with Crippen LogP contribution in [0.3, 0.4) is 0 Å². The first-order chi connectivity index (χ1) is 9.61. The second kappa shape index (κ2) is 6.16. The Morgan fingerprint density at radius 2 is 1.95 bits per heavy atom. The van der Waals surface area contributed by atoms with E-state index >= 15 is 0 Å². The van der Waals surface area contributed by atoms with Crippen LogP contribution in [0.15, 0.2) is 42.5 Å². The summed E-state index contributed by atoms with van der Waals surface area (Å²) < 4.78 is 0. The van der Waals surface area contributed by atoms with Gasteiger partial charge in [0.25, 0.3) is 0 Å². The molecule has 5 nitrogen and oxygen atoms in total. The standard InChI is InChI=1S/C15H16N2O3/c1-10-12(15(19)20)7-8-14(16-10)17-13(9-18)11-5-3-2-4-6-11/h2-8,13,18H,9H2,1H3,(H,16,17)(H,19,20). The molecular weight excluding hydrogens is 256 g/mol. The highest BCUT2D eigenvalue weighted by Gasteiger charge is 2.13. The Morgan fingerprint density at radius 3 is 2.50 bits per heavy atom. The van der Waals surface area contributed by atoms with Crippen molar-refractivity contribution in [3.05, 3.63) is 59.3 Å². The number of anilines is 1. The van der Waals surface area contributed by atoms with Gasteiger partial charge in [0.05, 0.1) is 23.9 Å². The summed E-state index contributed by atoms with van der Waals surface area (Å²) in [6.07, 6.45) is 0. The van der Waals surface area contributed by atoms with Crippen LogP contribution in [0, 0.1) is 6.92 Å². The SMILES string of the molecule is Cc1nc(NC(CO)c2ccccc2)ccc1C(=O)O. The van der Waals surface area contributed by atoms with Crippen LogP contribution in [0.1, 0.15) is 27.7 Å². The molecule has 0 radical (unpaired) electrons. The lowest BCUT2D eigenvalue weighted by atomic mass is 10.1. The van der Waals surface area contributed by atoms with Crippen LogP contribution in [0.2, 0.25) is 0 Å². The van der Waals surface area contributed by atoms with Gasteiger partial charge in [-0.05, 0) is 24.6 Å². The van der Waals surface area contributed by atoms with E-state index in [1.807, 2.05) is 30.3 Å². The molecule has 2 rings (SSSR count). The van der Waals surface area contributed by atoms with Crippen LogP contribution in [-0.2, 0) is 0 Å². The van der Waals surface area contributed by atoms with Gasteiger partial charge < -0.3 is 15.5 Å². The lowest BCUT2D eigenvalue weighted by molar-refractivity contribution is 0.0695. The molecule has 0 aliphatic carbocycles. The Bertz CT molecular complexity index is 599. The van der Waals surface area contributed by atoms with E-state index in [1.54, 1.807) is 13.0 Å². The van der Waals surface area contributed by atoms with Gasteiger partial charge in [0.15, 0.2) is 0 Å². The molecule has 1 aromatic heterocycles. The molecule has 1 unspecified atom stereocenters. The molecule has 0 saturated heterocycles. The number of aryl methyl sites for hydroxylation is 1. The van der Waals surface area contributed by atoms with Crippen molar-refractivity contribution >= 4 is 11.8 Å². The number of aliphatic hydroxyl groups is 1. The number of hydrogen-bond acceptors (Lipinski definition) is 4. The van der Waals surface area contributed by atoms with E-state index in [4.69, 9.17) is 5.11 Å². The first kappa shape index (κ1) is 14.0. The zero-order chi connectivity index (χ0) is 14.5. The lowest BCUT2D eigenvalue weighted by Crippen LogP contribution is -2.16. The monoisotopic (exact) mass is 272 g/mol. The van der Waals surface area contributed by atoms with E-state index in [-0.39, 0.29) is 18.2 Å².